The Morgan fingerprint density at radius 2 is 2.00 bits per heavy atom. The highest BCUT2D eigenvalue weighted by Crippen LogP contribution is 2.13. The van der Waals surface area contributed by atoms with E-state index >= 15 is 0 Å². The minimum absolute atomic E-state index is 0.154. The van der Waals surface area contributed by atoms with Gasteiger partial charge in [0.15, 0.2) is 0 Å². The fourth-order valence-electron chi connectivity index (χ4n) is 0.859. The average molecular weight is 147 g/mol. The van der Waals surface area contributed by atoms with Gasteiger partial charge in [-0.15, -0.1) is 0 Å². The van der Waals surface area contributed by atoms with E-state index in [0.29, 0.717) is 12.8 Å². The molecule has 0 aromatic carbocycles. The van der Waals surface area contributed by atoms with E-state index < -0.39 is 11.6 Å². The molecule has 0 amide bonds. The third kappa shape index (κ3) is 1.94. The van der Waals surface area contributed by atoms with Gasteiger partial charge in [-0.25, -0.2) is 0 Å². The molecule has 0 fully saturated rings. The van der Waals surface area contributed by atoms with Gasteiger partial charge in [-0.1, -0.05) is 13.8 Å². The summed E-state index contributed by atoms with van der Waals surface area (Å²) in [7, 11) is 0. The zero-order valence-corrected chi connectivity index (χ0v) is 6.67. The Labute approximate surface area is 61.9 Å². The molecular weight excluding hydrogens is 130 g/mol. The largest absolute Gasteiger partial charge is 0.394 e. The molecule has 0 aliphatic heterocycles. The molecule has 2 unspecified atom stereocenters. The monoisotopic (exact) mass is 147 g/mol. The highest BCUT2D eigenvalue weighted by molar-refractivity contribution is 4.88. The summed E-state index contributed by atoms with van der Waals surface area (Å²) in [5, 5.41) is 18.1. The van der Waals surface area contributed by atoms with Gasteiger partial charge < -0.3 is 15.9 Å². The van der Waals surface area contributed by atoms with Gasteiger partial charge in [0.2, 0.25) is 0 Å². The minimum Gasteiger partial charge on any atom is -0.394 e. The average Bonchev–Trinajstić information content (AvgIpc) is 2.01. The van der Waals surface area contributed by atoms with Crippen molar-refractivity contribution in [1.82, 2.24) is 0 Å². The second-order valence-corrected chi connectivity index (χ2v) is 2.67. The van der Waals surface area contributed by atoms with Gasteiger partial charge in [0.25, 0.3) is 0 Å². The topological polar surface area (TPSA) is 66.5 Å². The maximum Gasteiger partial charge on any atom is 0.0739 e. The number of hydrogen-bond acceptors (Lipinski definition) is 3. The lowest BCUT2D eigenvalue weighted by molar-refractivity contribution is 0.0381. The Morgan fingerprint density at radius 3 is 2.10 bits per heavy atom. The van der Waals surface area contributed by atoms with Crippen LogP contribution in [0.3, 0.4) is 0 Å². The van der Waals surface area contributed by atoms with Crippen LogP contribution in [0.5, 0.6) is 0 Å². The Balaban J connectivity index is 4.02. The van der Waals surface area contributed by atoms with Crippen molar-refractivity contribution in [2.75, 3.05) is 6.61 Å². The summed E-state index contributed by atoms with van der Waals surface area (Å²) in [6.45, 7) is 3.55. The van der Waals surface area contributed by atoms with Gasteiger partial charge in [-0.2, -0.15) is 0 Å². The Bertz CT molecular complexity index is 91.6. The van der Waals surface area contributed by atoms with E-state index in [2.05, 4.69) is 0 Å². The molecule has 4 N–H and O–H groups in total. The van der Waals surface area contributed by atoms with Crippen molar-refractivity contribution in [2.24, 2.45) is 5.73 Å². The minimum atomic E-state index is -0.797. The van der Waals surface area contributed by atoms with E-state index in [-0.39, 0.29) is 6.61 Å². The third-order valence-corrected chi connectivity index (χ3v) is 2.00. The molecule has 3 nitrogen and oxygen atoms in total. The molecule has 0 aliphatic carbocycles. The van der Waals surface area contributed by atoms with Crippen molar-refractivity contribution in [3.8, 4) is 0 Å². The first-order valence-corrected chi connectivity index (χ1v) is 3.68. The molecule has 0 rings (SSSR count). The zero-order valence-electron chi connectivity index (χ0n) is 6.67. The predicted octanol–water partition coefficient (Wildman–Crippen LogP) is -0.143. The zero-order chi connectivity index (χ0) is 8.20. The first kappa shape index (κ1) is 9.88. The second kappa shape index (κ2) is 3.91. The van der Waals surface area contributed by atoms with Crippen LogP contribution in [0, 0.1) is 0 Å². The molecule has 2 atom stereocenters. The van der Waals surface area contributed by atoms with Gasteiger partial charge in [-0.05, 0) is 12.8 Å². The normalized spacial score (nSPS) is 20.1. The first-order valence-electron chi connectivity index (χ1n) is 3.68. The third-order valence-electron chi connectivity index (χ3n) is 2.00. The van der Waals surface area contributed by atoms with Crippen LogP contribution in [0.4, 0.5) is 0 Å². The summed E-state index contributed by atoms with van der Waals surface area (Å²) in [5.74, 6) is 0. The van der Waals surface area contributed by atoms with Gasteiger partial charge in [0.1, 0.15) is 0 Å². The van der Waals surface area contributed by atoms with Crippen molar-refractivity contribution in [3.63, 3.8) is 0 Å². The number of rotatable bonds is 4. The molecule has 0 heterocycles. The highest BCUT2D eigenvalue weighted by atomic mass is 16.3. The SMILES string of the molecule is CCC(O)C(N)(CC)CO. The maximum absolute atomic E-state index is 9.29. The van der Waals surface area contributed by atoms with Crippen LogP contribution in [0.2, 0.25) is 0 Å². The number of aliphatic hydroxyl groups excluding tert-OH is 2. The van der Waals surface area contributed by atoms with Crippen LogP contribution in [0.1, 0.15) is 26.7 Å². The summed E-state index contributed by atoms with van der Waals surface area (Å²) in [4.78, 5) is 0. The highest BCUT2D eigenvalue weighted by Gasteiger charge is 2.29. The number of hydrogen-bond donors (Lipinski definition) is 3. The second-order valence-electron chi connectivity index (χ2n) is 2.67. The lowest BCUT2D eigenvalue weighted by Crippen LogP contribution is -2.53. The van der Waals surface area contributed by atoms with Crippen molar-refractivity contribution in [2.45, 2.75) is 38.3 Å². The van der Waals surface area contributed by atoms with Gasteiger partial charge in [-0.3, -0.25) is 0 Å². The molecule has 0 aliphatic rings. The van der Waals surface area contributed by atoms with Crippen LogP contribution in [-0.2, 0) is 0 Å². The Hall–Kier alpha value is -0.120. The Kier molecular flexibility index (Phi) is 3.86. The van der Waals surface area contributed by atoms with E-state index in [0.717, 1.165) is 0 Å². The predicted molar refractivity (Wildman–Crippen MR) is 40.6 cm³/mol. The Morgan fingerprint density at radius 1 is 1.50 bits per heavy atom. The molecule has 0 bridgehead atoms. The molecule has 0 aromatic heterocycles. The quantitative estimate of drug-likeness (QED) is 0.518. The number of aliphatic hydroxyl groups is 2. The summed E-state index contributed by atoms with van der Waals surface area (Å²) < 4.78 is 0. The van der Waals surface area contributed by atoms with E-state index in [1.54, 1.807) is 0 Å². The van der Waals surface area contributed by atoms with Crippen LogP contribution in [0.15, 0.2) is 0 Å². The van der Waals surface area contributed by atoms with E-state index in [9.17, 15) is 5.11 Å². The van der Waals surface area contributed by atoms with Crippen molar-refractivity contribution < 1.29 is 10.2 Å². The van der Waals surface area contributed by atoms with Crippen LogP contribution < -0.4 is 5.73 Å². The molecule has 0 aromatic rings. The van der Waals surface area contributed by atoms with Crippen molar-refractivity contribution in [1.29, 1.82) is 0 Å². The van der Waals surface area contributed by atoms with Gasteiger partial charge >= 0.3 is 0 Å². The molecule has 10 heavy (non-hydrogen) atoms. The summed E-state index contributed by atoms with van der Waals surface area (Å²) in [6, 6.07) is 0. The molecule has 62 valence electrons. The lowest BCUT2D eigenvalue weighted by Gasteiger charge is -2.30. The molecule has 0 spiro atoms. The maximum atomic E-state index is 9.29. The first-order chi connectivity index (χ1) is 4.60. The lowest BCUT2D eigenvalue weighted by atomic mass is 9.90. The smallest absolute Gasteiger partial charge is 0.0739 e. The van der Waals surface area contributed by atoms with Crippen LogP contribution in [0.25, 0.3) is 0 Å². The van der Waals surface area contributed by atoms with Gasteiger partial charge in [0, 0.05) is 0 Å². The fraction of sp³-hybridized carbons (Fsp3) is 1.00. The molecule has 0 radical (unpaired) electrons. The van der Waals surface area contributed by atoms with E-state index in [1.807, 2.05) is 13.8 Å². The summed E-state index contributed by atoms with van der Waals surface area (Å²) >= 11 is 0. The molecular formula is C7H17NO2. The van der Waals surface area contributed by atoms with Crippen molar-refractivity contribution >= 4 is 0 Å². The van der Waals surface area contributed by atoms with E-state index in [4.69, 9.17) is 10.8 Å². The molecule has 0 saturated carbocycles. The molecule has 0 saturated heterocycles. The number of nitrogens with two attached hydrogens (primary N) is 1. The van der Waals surface area contributed by atoms with E-state index in [1.165, 1.54) is 0 Å². The standard InChI is InChI=1S/C7H17NO2/c1-3-6(10)7(8,4-2)5-9/h6,9-10H,3-5,8H2,1-2H3. The van der Waals surface area contributed by atoms with Crippen molar-refractivity contribution in [3.05, 3.63) is 0 Å². The molecule has 3 heteroatoms. The summed E-state index contributed by atoms with van der Waals surface area (Å²) in [5.41, 5.74) is 4.85. The van der Waals surface area contributed by atoms with Gasteiger partial charge in [0.05, 0.1) is 18.2 Å². The summed E-state index contributed by atoms with van der Waals surface area (Å²) in [6.07, 6.45) is 0.589. The van der Waals surface area contributed by atoms with Crippen LogP contribution in [-0.4, -0.2) is 28.5 Å². The fourth-order valence-corrected chi connectivity index (χ4v) is 0.859. The van der Waals surface area contributed by atoms with Crippen LogP contribution >= 0.6 is 0 Å².